The molecule has 0 aliphatic carbocycles. The maximum absolute atomic E-state index is 12.4. The van der Waals surface area contributed by atoms with Gasteiger partial charge in [-0.15, -0.1) is 12.4 Å². The van der Waals surface area contributed by atoms with Crippen LogP contribution in [-0.2, 0) is 4.79 Å². The number of amides is 1. The van der Waals surface area contributed by atoms with Crippen molar-refractivity contribution in [1.29, 1.82) is 0 Å². The molecule has 2 aliphatic heterocycles. The lowest BCUT2D eigenvalue weighted by Crippen LogP contribution is -2.39. The van der Waals surface area contributed by atoms with Crippen molar-refractivity contribution < 1.29 is 14.3 Å². The summed E-state index contributed by atoms with van der Waals surface area (Å²) in [7, 11) is 1.99. The smallest absolute Gasteiger partial charge is 0.238 e. The molecule has 1 fully saturated rings. The number of benzene rings is 1. The molecule has 0 radical (unpaired) electrons. The second kappa shape index (κ2) is 11.0. The lowest BCUT2D eigenvalue weighted by Gasteiger charge is -2.31. The third-order valence-electron chi connectivity index (χ3n) is 4.99. The van der Waals surface area contributed by atoms with E-state index in [-0.39, 0.29) is 18.3 Å². The maximum atomic E-state index is 12.4. The van der Waals surface area contributed by atoms with Crippen LogP contribution >= 0.6 is 24.0 Å². The molecule has 1 aromatic carbocycles. The summed E-state index contributed by atoms with van der Waals surface area (Å²) in [6, 6.07) is 3.47. The van der Waals surface area contributed by atoms with Crippen molar-refractivity contribution in [3.05, 3.63) is 17.2 Å². The molecule has 8 heteroatoms. The van der Waals surface area contributed by atoms with Gasteiger partial charge in [0.15, 0.2) is 11.5 Å². The summed E-state index contributed by atoms with van der Waals surface area (Å²) in [6.07, 6.45) is 4.35. The largest absolute Gasteiger partial charge is 0.490 e. The Kier molecular flexibility index (Phi) is 8.96. The Bertz CT molecular complexity index is 622. The van der Waals surface area contributed by atoms with Gasteiger partial charge in [0.25, 0.3) is 0 Å². The molecule has 2 aliphatic rings. The molecule has 3 rings (SSSR count). The van der Waals surface area contributed by atoms with Crippen molar-refractivity contribution in [2.75, 3.05) is 51.8 Å². The Hall–Kier alpha value is -1.21. The van der Waals surface area contributed by atoms with E-state index >= 15 is 0 Å². The molecule has 0 bridgehead atoms. The summed E-state index contributed by atoms with van der Waals surface area (Å²) in [4.78, 5) is 14.6. The zero-order valence-electron chi connectivity index (χ0n) is 15.8. The van der Waals surface area contributed by atoms with Crippen molar-refractivity contribution in [3.8, 4) is 11.5 Å². The lowest BCUT2D eigenvalue weighted by atomic mass is 9.93. The number of halogens is 2. The Labute approximate surface area is 172 Å². The molecule has 152 valence electrons. The van der Waals surface area contributed by atoms with E-state index in [9.17, 15) is 4.79 Å². The minimum Gasteiger partial charge on any atom is -0.490 e. The molecule has 0 aromatic heterocycles. The van der Waals surface area contributed by atoms with Crippen LogP contribution in [-0.4, -0.2) is 57.2 Å². The van der Waals surface area contributed by atoms with Gasteiger partial charge in [-0.3, -0.25) is 9.69 Å². The van der Waals surface area contributed by atoms with Gasteiger partial charge in [0.05, 0.1) is 30.5 Å². The third kappa shape index (κ3) is 6.42. The fourth-order valence-corrected chi connectivity index (χ4v) is 3.66. The van der Waals surface area contributed by atoms with Crippen molar-refractivity contribution in [2.45, 2.75) is 25.7 Å². The Morgan fingerprint density at radius 2 is 1.89 bits per heavy atom. The molecule has 0 unspecified atom stereocenters. The minimum atomic E-state index is -0.0462. The number of likely N-dealkylation sites (tertiary alicyclic amines) is 1. The first kappa shape index (κ1) is 22.1. The number of carbonyl (C=O) groups is 1. The van der Waals surface area contributed by atoms with E-state index in [1.54, 1.807) is 12.1 Å². The number of ether oxygens (including phenoxy) is 2. The van der Waals surface area contributed by atoms with E-state index in [4.69, 9.17) is 21.1 Å². The van der Waals surface area contributed by atoms with E-state index in [0.717, 1.165) is 44.8 Å². The summed E-state index contributed by atoms with van der Waals surface area (Å²) in [5, 5.41) is 6.59. The molecule has 27 heavy (non-hydrogen) atoms. The highest BCUT2D eigenvalue weighted by atomic mass is 35.5. The summed E-state index contributed by atoms with van der Waals surface area (Å²) in [5.74, 6) is 1.98. The number of carbonyl (C=O) groups excluding carboxylic acids is 1. The summed E-state index contributed by atoms with van der Waals surface area (Å²) >= 11 is 6.30. The number of anilines is 1. The fraction of sp³-hybridized carbons (Fsp3) is 0.632. The van der Waals surface area contributed by atoms with Gasteiger partial charge in [-0.05, 0) is 51.9 Å². The van der Waals surface area contributed by atoms with Crippen LogP contribution in [0.25, 0.3) is 0 Å². The van der Waals surface area contributed by atoms with Crippen LogP contribution in [0.4, 0.5) is 5.69 Å². The van der Waals surface area contributed by atoms with Gasteiger partial charge in [-0.1, -0.05) is 11.6 Å². The highest BCUT2D eigenvalue weighted by Gasteiger charge is 2.21. The first-order chi connectivity index (χ1) is 12.7. The van der Waals surface area contributed by atoms with Crippen LogP contribution in [0.3, 0.4) is 0 Å². The minimum absolute atomic E-state index is 0. The molecule has 2 heterocycles. The Morgan fingerprint density at radius 1 is 1.22 bits per heavy atom. The van der Waals surface area contributed by atoms with Gasteiger partial charge in [0.2, 0.25) is 5.91 Å². The number of piperidine rings is 1. The van der Waals surface area contributed by atoms with Crippen LogP contribution in [0.5, 0.6) is 11.5 Å². The molecule has 0 saturated carbocycles. The van der Waals surface area contributed by atoms with E-state index < -0.39 is 0 Å². The molecular formula is C19H29Cl2N3O3. The lowest BCUT2D eigenvalue weighted by molar-refractivity contribution is -0.117. The Morgan fingerprint density at radius 3 is 2.56 bits per heavy atom. The second-order valence-corrected chi connectivity index (χ2v) is 7.40. The molecule has 1 amide bonds. The van der Waals surface area contributed by atoms with Gasteiger partial charge in [0, 0.05) is 18.6 Å². The van der Waals surface area contributed by atoms with Crippen molar-refractivity contribution in [2.24, 2.45) is 5.92 Å². The van der Waals surface area contributed by atoms with Gasteiger partial charge >= 0.3 is 0 Å². The van der Waals surface area contributed by atoms with Crippen molar-refractivity contribution in [1.82, 2.24) is 10.2 Å². The molecule has 0 spiro atoms. The van der Waals surface area contributed by atoms with E-state index in [1.165, 1.54) is 6.42 Å². The summed E-state index contributed by atoms with van der Waals surface area (Å²) < 4.78 is 11.3. The molecule has 6 nitrogen and oxygen atoms in total. The first-order valence-electron chi connectivity index (χ1n) is 9.41. The average Bonchev–Trinajstić information content (AvgIpc) is 2.86. The molecule has 0 atom stereocenters. The maximum Gasteiger partial charge on any atom is 0.238 e. The highest BCUT2D eigenvalue weighted by molar-refractivity contribution is 6.34. The van der Waals surface area contributed by atoms with Crippen molar-refractivity contribution >= 4 is 35.6 Å². The first-order valence-corrected chi connectivity index (χ1v) is 9.79. The van der Waals surface area contributed by atoms with Crippen LogP contribution in [0.15, 0.2) is 12.1 Å². The van der Waals surface area contributed by atoms with E-state index in [0.29, 0.717) is 42.0 Å². The number of rotatable bonds is 6. The molecule has 1 saturated heterocycles. The number of fused-ring (bicyclic) bond motifs is 1. The topological polar surface area (TPSA) is 62.8 Å². The van der Waals surface area contributed by atoms with Gasteiger partial charge in [-0.25, -0.2) is 0 Å². The van der Waals surface area contributed by atoms with Gasteiger partial charge in [-0.2, -0.15) is 0 Å². The summed E-state index contributed by atoms with van der Waals surface area (Å²) in [5.41, 5.74) is 0.574. The number of nitrogens with zero attached hydrogens (tertiary/aromatic N) is 1. The number of hydrogen-bond acceptors (Lipinski definition) is 5. The summed E-state index contributed by atoms with van der Waals surface area (Å²) in [6.45, 7) is 4.61. The van der Waals surface area contributed by atoms with Crippen molar-refractivity contribution in [3.63, 3.8) is 0 Å². The number of nitrogens with one attached hydrogen (secondary N) is 2. The molecular weight excluding hydrogens is 389 g/mol. The zero-order chi connectivity index (χ0) is 18.4. The average molecular weight is 418 g/mol. The normalized spacial score (nSPS) is 17.7. The van der Waals surface area contributed by atoms with Crippen LogP contribution in [0, 0.1) is 5.92 Å². The fourth-order valence-electron chi connectivity index (χ4n) is 3.45. The van der Waals surface area contributed by atoms with E-state index in [1.807, 2.05) is 7.05 Å². The van der Waals surface area contributed by atoms with E-state index in [2.05, 4.69) is 15.5 Å². The second-order valence-electron chi connectivity index (χ2n) is 6.99. The van der Waals surface area contributed by atoms with Gasteiger partial charge in [0.1, 0.15) is 0 Å². The standard InChI is InChI=1S/C19H28ClN3O3.ClH/c1-21-6-3-14-4-7-23(8-5-14)13-19(24)22-16-12-18-17(11-15(16)20)25-9-2-10-26-18;/h11-12,14,21H,2-10,13H2,1H3,(H,22,24);1H. The zero-order valence-corrected chi connectivity index (χ0v) is 17.3. The predicted molar refractivity (Wildman–Crippen MR) is 111 cm³/mol. The third-order valence-corrected chi connectivity index (χ3v) is 5.30. The van der Waals surface area contributed by atoms with Crippen LogP contribution in [0.2, 0.25) is 5.02 Å². The predicted octanol–water partition coefficient (Wildman–Crippen LogP) is 3.18. The number of hydrogen-bond donors (Lipinski definition) is 2. The Balaban J connectivity index is 0.00000261. The monoisotopic (exact) mass is 417 g/mol. The molecule has 1 aromatic rings. The quantitative estimate of drug-likeness (QED) is 0.743. The molecule has 2 N–H and O–H groups in total. The van der Waals surface area contributed by atoms with Crippen LogP contribution in [0.1, 0.15) is 25.7 Å². The SMILES string of the molecule is CNCCC1CCN(CC(=O)Nc2cc3c(cc2Cl)OCCCO3)CC1.Cl. The highest BCUT2D eigenvalue weighted by Crippen LogP contribution is 2.37. The van der Waals surface area contributed by atoms with Gasteiger partial charge < -0.3 is 20.1 Å². The van der Waals surface area contributed by atoms with Crippen LogP contribution < -0.4 is 20.1 Å².